The zero-order valence-corrected chi connectivity index (χ0v) is 22.2. The fourth-order valence-corrected chi connectivity index (χ4v) is 4.75. The van der Waals surface area contributed by atoms with E-state index in [1.54, 1.807) is 9.42 Å². The topological polar surface area (TPSA) is 108 Å². The number of amides is 2. The van der Waals surface area contributed by atoms with E-state index >= 15 is 0 Å². The van der Waals surface area contributed by atoms with Crippen molar-refractivity contribution in [2.45, 2.75) is 47.1 Å². The normalized spacial score (nSPS) is 14.4. The third-order valence-corrected chi connectivity index (χ3v) is 6.39. The summed E-state index contributed by atoms with van der Waals surface area (Å²) >= 11 is 0. The SMILES string of the molecule is Cc1cn2nc(NC(=O)c3ccc(N4CCN(C(=O)OC(C)(C)C)CC4)c4cc(C)[nH]c34)cc(C)c2n1. The zero-order valence-electron chi connectivity index (χ0n) is 22.2. The first-order chi connectivity index (χ1) is 17.5. The van der Waals surface area contributed by atoms with Gasteiger partial charge in [-0.2, -0.15) is 0 Å². The Morgan fingerprint density at radius 3 is 2.49 bits per heavy atom. The highest BCUT2D eigenvalue weighted by Gasteiger charge is 2.27. The summed E-state index contributed by atoms with van der Waals surface area (Å²) in [6, 6.07) is 7.71. The number of hydrogen-bond donors (Lipinski definition) is 2. The number of carbonyl (C=O) groups is 2. The molecule has 0 atom stereocenters. The molecule has 194 valence electrons. The standard InChI is InChI=1S/C27H33N7O3/c1-16-13-22(31-34-15-18(3)29-24(16)34)30-25(35)19-7-8-21(20-14-17(2)28-23(19)20)32-9-11-33(12-10-32)26(36)37-27(4,5)6/h7-8,13-15,28H,9-12H2,1-6H3,(H,30,31,35). The average molecular weight is 504 g/mol. The minimum Gasteiger partial charge on any atom is -0.444 e. The first kappa shape index (κ1) is 24.6. The molecule has 4 heterocycles. The van der Waals surface area contributed by atoms with Gasteiger partial charge in [0.1, 0.15) is 5.60 Å². The van der Waals surface area contributed by atoms with Gasteiger partial charge in [0.05, 0.1) is 23.0 Å². The van der Waals surface area contributed by atoms with Gasteiger partial charge in [-0.3, -0.25) is 4.79 Å². The van der Waals surface area contributed by atoms with Crippen LogP contribution in [0.3, 0.4) is 0 Å². The Morgan fingerprint density at radius 1 is 1.05 bits per heavy atom. The van der Waals surface area contributed by atoms with Crippen molar-refractivity contribution >= 4 is 40.1 Å². The lowest BCUT2D eigenvalue weighted by Crippen LogP contribution is -2.50. The van der Waals surface area contributed by atoms with Crippen LogP contribution in [0, 0.1) is 20.8 Å². The molecule has 0 radical (unpaired) electrons. The summed E-state index contributed by atoms with van der Waals surface area (Å²) in [5.41, 5.74) is 5.37. The van der Waals surface area contributed by atoms with Crippen LogP contribution in [0.15, 0.2) is 30.5 Å². The Labute approximate surface area is 215 Å². The smallest absolute Gasteiger partial charge is 0.410 e. The number of H-pyrrole nitrogens is 1. The molecule has 0 spiro atoms. The van der Waals surface area contributed by atoms with E-state index in [0.29, 0.717) is 37.6 Å². The number of carbonyl (C=O) groups excluding carboxylic acids is 2. The number of nitrogens with one attached hydrogen (secondary N) is 2. The van der Waals surface area contributed by atoms with Crippen molar-refractivity contribution < 1.29 is 14.3 Å². The monoisotopic (exact) mass is 503 g/mol. The summed E-state index contributed by atoms with van der Waals surface area (Å²) < 4.78 is 7.21. The van der Waals surface area contributed by atoms with Crippen LogP contribution in [0.4, 0.5) is 16.3 Å². The summed E-state index contributed by atoms with van der Waals surface area (Å²) in [7, 11) is 0. The second-order valence-corrected chi connectivity index (χ2v) is 10.6. The van der Waals surface area contributed by atoms with Crippen LogP contribution < -0.4 is 10.2 Å². The molecule has 2 amide bonds. The number of imidazole rings is 1. The second-order valence-electron chi connectivity index (χ2n) is 10.6. The zero-order chi connectivity index (χ0) is 26.5. The summed E-state index contributed by atoms with van der Waals surface area (Å²) in [5.74, 6) is 0.224. The van der Waals surface area contributed by atoms with Crippen molar-refractivity contribution in [3.8, 4) is 0 Å². The van der Waals surface area contributed by atoms with Crippen LogP contribution in [0.5, 0.6) is 0 Å². The van der Waals surface area contributed by atoms with E-state index in [1.807, 2.05) is 65.9 Å². The summed E-state index contributed by atoms with van der Waals surface area (Å²) in [4.78, 5) is 37.6. The van der Waals surface area contributed by atoms with Crippen LogP contribution in [0.1, 0.15) is 48.1 Å². The van der Waals surface area contributed by atoms with Gasteiger partial charge in [0.15, 0.2) is 11.5 Å². The summed E-state index contributed by atoms with van der Waals surface area (Å²) in [6.07, 6.45) is 1.55. The maximum absolute atomic E-state index is 13.3. The number of hydrogen-bond acceptors (Lipinski definition) is 6. The Hall–Kier alpha value is -4.08. The van der Waals surface area contributed by atoms with Crippen molar-refractivity contribution in [1.82, 2.24) is 24.5 Å². The first-order valence-corrected chi connectivity index (χ1v) is 12.5. The molecule has 1 aliphatic rings. The number of aromatic nitrogens is 4. The van der Waals surface area contributed by atoms with Crippen LogP contribution in [-0.2, 0) is 4.74 Å². The van der Waals surface area contributed by atoms with E-state index in [0.717, 1.165) is 39.2 Å². The fraction of sp³-hybridized carbons (Fsp3) is 0.407. The van der Waals surface area contributed by atoms with Crippen molar-refractivity contribution in [3.63, 3.8) is 0 Å². The Morgan fingerprint density at radius 2 is 1.78 bits per heavy atom. The third kappa shape index (κ3) is 4.96. The number of fused-ring (bicyclic) bond motifs is 2. The van der Waals surface area contributed by atoms with Gasteiger partial charge >= 0.3 is 6.09 Å². The molecule has 2 N–H and O–H groups in total. The van der Waals surface area contributed by atoms with E-state index in [9.17, 15) is 9.59 Å². The molecule has 0 unspecified atom stereocenters. The lowest BCUT2D eigenvalue weighted by atomic mass is 10.1. The minimum absolute atomic E-state index is 0.240. The molecule has 1 saturated heterocycles. The van der Waals surface area contributed by atoms with Crippen molar-refractivity contribution in [2.24, 2.45) is 0 Å². The van der Waals surface area contributed by atoms with E-state index in [4.69, 9.17) is 4.74 Å². The van der Waals surface area contributed by atoms with Gasteiger partial charge in [0.25, 0.3) is 5.91 Å². The Kier molecular flexibility index (Phi) is 6.05. The van der Waals surface area contributed by atoms with Crippen LogP contribution >= 0.6 is 0 Å². The molecule has 0 aliphatic carbocycles. The maximum atomic E-state index is 13.3. The maximum Gasteiger partial charge on any atom is 0.410 e. The minimum atomic E-state index is -0.517. The second kappa shape index (κ2) is 9.10. The predicted octanol–water partition coefficient (Wildman–Crippen LogP) is 4.45. The third-order valence-electron chi connectivity index (χ3n) is 6.39. The van der Waals surface area contributed by atoms with Crippen molar-refractivity contribution in [3.05, 3.63) is 53.0 Å². The van der Waals surface area contributed by atoms with Gasteiger partial charge < -0.3 is 24.8 Å². The van der Waals surface area contributed by atoms with Gasteiger partial charge in [-0.1, -0.05) is 0 Å². The molecule has 37 heavy (non-hydrogen) atoms. The average Bonchev–Trinajstić information content (AvgIpc) is 3.39. The fourth-order valence-electron chi connectivity index (χ4n) is 4.75. The van der Waals surface area contributed by atoms with E-state index < -0.39 is 5.60 Å². The van der Waals surface area contributed by atoms with E-state index in [2.05, 4.69) is 31.3 Å². The molecule has 0 saturated carbocycles. The molecule has 5 rings (SSSR count). The van der Waals surface area contributed by atoms with Gasteiger partial charge in [-0.25, -0.2) is 14.3 Å². The van der Waals surface area contributed by atoms with Gasteiger partial charge in [-0.15, -0.1) is 5.10 Å². The van der Waals surface area contributed by atoms with Crippen LogP contribution in [0.25, 0.3) is 16.6 Å². The molecular formula is C27H33N7O3. The number of rotatable bonds is 3. The Bertz CT molecular complexity index is 1500. The predicted molar refractivity (Wildman–Crippen MR) is 143 cm³/mol. The Balaban J connectivity index is 1.37. The number of benzene rings is 1. The highest BCUT2D eigenvalue weighted by atomic mass is 16.6. The lowest BCUT2D eigenvalue weighted by molar-refractivity contribution is 0.0240. The van der Waals surface area contributed by atoms with Gasteiger partial charge in [0.2, 0.25) is 0 Å². The van der Waals surface area contributed by atoms with Gasteiger partial charge in [-0.05, 0) is 71.4 Å². The number of piperazine rings is 1. The summed E-state index contributed by atoms with van der Waals surface area (Å²) in [6.45, 7) is 14.0. The molecule has 10 nitrogen and oxygen atoms in total. The number of anilines is 2. The van der Waals surface area contributed by atoms with Crippen molar-refractivity contribution in [2.75, 3.05) is 36.4 Å². The largest absolute Gasteiger partial charge is 0.444 e. The van der Waals surface area contributed by atoms with Gasteiger partial charge in [0, 0.05) is 42.9 Å². The van der Waals surface area contributed by atoms with E-state index in [1.165, 1.54) is 0 Å². The number of ether oxygens (including phenoxy) is 1. The van der Waals surface area contributed by atoms with Crippen LogP contribution in [0.2, 0.25) is 0 Å². The number of aromatic amines is 1. The van der Waals surface area contributed by atoms with Crippen molar-refractivity contribution in [1.29, 1.82) is 0 Å². The number of aryl methyl sites for hydroxylation is 3. The highest BCUT2D eigenvalue weighted by molar-refractivity contribution is 6.14. The molecule has 1 aromatic carbocycles. The molecule has 10 heteroatoms. The highest BCUT2D eigenvalue weighted by Crippen LogP contribution is 2.31. The first-order valence-electron chi connectivity index (χ1n) is 12.5. The quantitative estimate of drug-likeness (QED) is 0.428. The molecule has 0 bridgehead atoms. The number of nitrogens with zero attached hydrogens (tertiary/aromatic N) is 5. The van der Waals surface area contributed by atoms with E-state index in [-0.39, 0.29) is 12.0 Å². The summed E-state index contributed by atoms with van der Waals surface area (Å²) in [5, 5.41) is 8.42. The molecule has 3 aromatic heterocycles. The molecule has 1 fully saturated rings. The molecular weight excluding hydrogens is 470 g/mol. The van der Waals surface area contributed by atoms with Crippen LogP contribution in [-0.4, -0.2) is 68.3 Å². The molecule has 4 aromatic rings. The lowest BCUT2D eigenvalue weighted by Gasteiger charge is -2.37. The molecule has 1 aliphatic heterocycles.